The van der Waals surface area contributed by atoms with Gasteiger partial charge in [-0.1, -0.05) is 11.6 Å². The van der Waals surface area contributed by atoms with Crippen LogP contribution in [0.2, 0.25) is 5.02 Å². The first-order valence-electron chi connectivity index (χ1n) is 9.25. The minimum atomic E-state index is -1.57. The van der Waals surface area contributed by atoms with Gasteiger partial charge in [0.25, 0.3) is 11.9 Å². The SMILES string of the molecule is Cn1c(-c2cc(F)c(F)nc2F)cnc1C(=O)Nc1ccc(C(=O)OC(C)(C)C)c(Cl)c1. The number of carbonyl (C=O) groups is 2. The summed E-state index contributed by atoms with van der Waals surface area (Å²) in [6.45, 7) is 5.16. The number of rotatable bonds is 4. The summed E-state index contributed by atoms with van der Waals surface area (Å²) in [5.41, 5.74) is -0.663. The molecular weight excluding hydrogens is 449 g/mol. The Bertz CT molecular complexity index is 1220. The van der Waals surface area contributed by atoms with Gasteiger partial charge >= 0.3 is 5.97 Å². The van der Waals surface area contributed by atoms with Crippen LogP contribution in [0.3, 0.4) is 0 Å². The Morgan fingerprint density at radius 3 is 2.44 bits per heavy atom. The van der Waals surface area contributed by atoms with Gasteiger partial charge in [0, 0.05) is 12.7 Å². The minimum Gasteiger partial charge on any atom is -0.456 e. The van der Waals surface area contributed by atoms with Gasteiger partial charge in [-0.05, 0) is 45.0 Å². The number of amides is 1. The quantitative estimate of drug-likeness (QED) is 0.442. The van der Waals surface area contributed by atoms with Crippen molar-refractivity contribution < 1.29 is 27.5 Å². The van der Waals surface area contributed by atoms with Gasteiger partial charge in [0.05, 0.1) is 28.0 Å². The Morgan fingerprint density at radius 1 is 1.12 bits per heavy atom. The van der Waals surface area contributed by atoms with Crippen molar-refractivity contribution >= 4 is 29.2 Å². The van der Waals surface area contributed by atoms with Crippen LogP contribution in [0.15, 0.2) is 30.5 Å². The number of anilines is 1. The van der Waals surface area contributed by atoms with Crippen molar-refractivity contribution in [3.63, 3.8) is 0 Å². The summed E-state index contributed by atoms with van der Waals surface area (Å²) in [6.07, 6.45) is 1.13. The number of hydrogen-bond acceptors (Lipinski definition) is 5. The molecule has 3 aromatic rings. The van der Waals surface area contributed by atoms with Crippen molar-refractivity contribution in [1.29, 1.82) is 0 Å². The highest BCUT2D eigenvalue weighted by Gasteiger charge is 2.22. The third-order valence-corrected chi connectivity index (χ3v) is 4.51. The van der Waals surface area contributed by atoms with Gasteiger partial charge in [-0.15, -0.1) is 0 Å². The summed E-state index contributed by atoms with van der Waals surface area (Å²) in [4.78, 5) is 31.6. The summed E-state index contributed by atoms with van der Waals surface area (Å²) in [5.74, 6) is -5.60. The Labute approximate surface area is 186 Å². The largest absolute Gasteiger partial charge is 0.456 e. The fourth-order valence-electron chi connectivity index (χ4n) is 2.77. The lowest BCUT2D eigenvalue weighted by Gasteiger charge is -2.20. The zero-order valence-corrected chi connectivity index (χ0v) is 18.2. The molecule has 0 fully saturated rings. The van der Waals surface area contributed by atoms with Gasteiger partial charge in [0.15, 0.2) is 11.6 Å². The van der Waals surface area contributed by atoms with Crippen LogP contribution in [0.5, 0.6) is 0 Å². The summed E-state index contributed by atoms with van der Waals surface area (Å²) in [6, 6.07) is 4.84. The van der Waals surface area contributed by atoms with E-state index in [0.717, 1.165) is 6.20 Å². The number of hydrogen-bond donors (Lipinski definition) is 1. The zero-order valence-electron chi connectivity index (χ0n) is 17.5. The standard InChI is InChI=1S/C21H18ClF3N4O3/c1-21(2,3)32-20(31)11-6-5-10(7-13(11)22)27-19(30)18-26-9-15(29(18)4)12-8-14(23)17(25)28-16(12)24/h5-9H,1-4H3,(H,27,30). The zero-order chi connectivity index (χ0) is 23.8. The number of aromatic nitrogens is 3. The molecule has 2 aromatic heterocycles. The number of imidazole rings is 1. The molecule has 1 N–H and O–H groups in total. The molecule has 0 aliphatic carbocycles. The van der Waals surface area contributed by atoms with Gasteiger partial charge in [-0.3, -0.25) is 4.79 Å². The second kappa shape index (κ2) is 8.62. The van der Waals surface area contributed by atoms with Gasteiger partial charge in [0.2, 0.25) is 5.95 Å². The average Bonchev–Trinajstić information content (AvgIpc) is 3.04. The maximum Gasteiger partial charge on any atom is 0.340 e. The van der Waals surface area contributed by atoms with Gasteiger partial charge in [0.1, 0.15) is 5.60 Å². The number of ether oxygens (including phenoxy) is 1. The lowest BCUT2D eigenvalue weighted by molar-refractivity contribution is 0.00697. The molecule has 7 nitrogen and oxygen atoms in total. The Morgan fingerprint density at radius 2 is 1.81 bits per heavy atom. The molecule has 168 valence electrons. The fourth-order valence-corrected chi connectivity index (χ4v) is 3.03. The molecule has 1 amide bonds. The molecule has 11 heteroatoms. The van der Waals surface area contributed by atoms with Crippen LogP contribution in [0.25, 0.3) is 11.3 Å². The van der Waals surface area contributed by atoms with Crippen molar-refractivity contribution in [3.8, 4) is 11.3 Å². The molecule has 0 atom stereocenters. The van der Waals surface area contributed by atoms with Crippen LogP contribution in [-0.4, -0.2) is 32.0 Å². The van der Waals surface area contributed by atoms with E-state index in [-0.39, 0.29) is 33.4 Å². The maximum absolute atomic E-state index is 14.0. The van der Waals surface area contributed by atoms with E-state index in [9.17, 15) is 22.8 Å². The average molecular weight is 467 g/mol. The van der Waals surface area contributed by atoms with E-state index < -0.39 is 35.2 Å². The maximum atomic E-state index is 14.0. The van der Waals surface area contributed by atoms with Crippen LogP contribution in [0.4, 0.5) is 18.9 Å². The molecule has 1 aromatic carbocycles. The first-order valence-corrected chi connectivity index (χ1v) is 9.63. The van der Waals surface area contributed by atoms with Crippen LogP contribution in [0, 0.1) is 17.7 Å². The smallest absolute Gasteiger partial charge is 0.340 e. The number of benzene rings is 1. The summed E-state index contributed by atoms with van der Waals surface area (Å²) in [7, 11) is 1.40. The molecule has 2 heterocycles. The highest BCUT2D eigenvalue weighted by atomic mass is 35.5. The van der Waals surface area contributed by atoms with Crippen LogP contribution >= 0.6 is 11.6 Å². The second-order valence-corrected chi connectivity index (χ2v) is 8.18. The minimum absolute atomic E-state index is 0.0114. The van der Waals surface area contributed by atoms with E-state index in [1.54, 1.807) is 20.8 Å². The third-order valence-electron chi connectivity index (χ3n) is 4.20. The van der Waals surface area contributed by atoms with E-state index >= 15 is 0 Å². The predicted molar refractivity (Wildman–Crippen MR) is 111 cm³/mol. The number of esters is 1. The monoisotopic (exact) mass is 466 g/mol. The molecule has 3 rings (SSSR count). The fraction of sp³-hybridized carbons (Fsp3) is 0.238. The van der Waals surface area contributed by atoms with E-state index in [1.165, 1.54) is 29.8 Å². The lowest BCUT2D eigenvalue weighted by atomic mass is 10.1. The van der Waals surface area contributed by atoms with Crippen molar-refractivity contribution in [3.05, 3.63) is 64.6 Å². The number of carbonyl (C=O) groups excluding carboxylic acids is 2. The van der Waals surface area contributed by atoms with Gasteiger partial charge < -0.3 is 14.6 Å². The van der Waals surface area contributed by atoms with Gasteiger partial charge in [-0.25, -0.2) is 14.2 Å². The van der Waals surface area contributed by atoms with Crippen LogP contribution in [0.1, 0.15) is 41.7 Å². The van der Waals surface area contributed by atoms with Crippen molar-refractivity contribution in [1.82, 2.24) is 14.5 Å². The van der Waals surface area contributed by atoms with Gasteiger partial charge in [-0.2, -0.15) is 13.8 Å². The van der Waals surface area contributed by atoms with E-state index in [0.29, 0.717) is 6.07 Å². The van der Waals surface area contributed by atoms with Crippen LogP contribution in [-0.2, 0) is 11.8 Å². The molecule has 0 aliphatic heterocycles. The van der Waals surface area contributed by atoms with Crippen LogP contribution < -0.4 is 5.32 Å². The molecule has 0 unspecified atom stereocenters. The summed E-state index contributed by atoms with van der Waals surface area (Å²) < 4.78 is 47.0. The molecule has 0 saturated heterocycles. The van der Waals surface area contributed by atoms with Crippen molar-refractivity contribution in [2.24, 2.45) is 7.05 Å². The second-order valence-electron chi connectivity index (χ2n) is 7.78. The van der Waals surface area contributed by atoms with E-state index in [1.807, 2.05) is 0 Å². The molecule has 0 spiro atoms. The predicted octanol–water partition coefficient (Wildman–Crippen LogP) is 4.76. The summed E-state index contributed by atoms with van der Waals surface area (Å²) in [5, 5.41) is 2.61. The molecule has 0 saturated carbocycles. The lowest BCUT2D eigenvalue weighted by Crippen LogP contribution is -2.24. The number of nitrogens with zero attached hydrogens (tertiary/aromatic N) is 3. The number of halogens is 4. The number of pyridine rings is 1. The molecule has 0 radical (unpaired) electrons. The van der Waals surface area contributed by atoms with E-state index in [2.05, 4.69) is 15.3 Å². The Balaban J connectivity index is 1.82. The normalized spacial score (nSPS) is 11.4. The Hall–Kier alpha value is -3.40. The highest BCUT2D eigenvalue weighted by Crippen LogP contribution is 2.26. The van der Waals surface area contributed by atoms with E-state index in [4.69, 9.17) is 16.3 Å². The first kappa shape index (κ1) is 23.3. The van der Waals surface area contributed by atoms with Crippen molar-refractivity contribution in [2.45, 2.75) is 26.4 Å². The highest BCUT2D eigenvalue weighted by molar-refractivity contribution is 6.34. The molecular formula is C21H18ClF3N4O3. The third kappa shape index (κ3) is 4.91. The molecule has 32 heavy (non-hydrogen) atoms. The molecule has 0 aliphatic rings. The number of nitrogens with one attached hydrogen (secondary N) is 1. The Kier molecular flexibility index (Phi) is 6.27. The van der Waals surface area contributed by atoms with Crippen molar-refractivity contribution in [2.75, 3.05) is 5.32 Å². The first-order chi connectivity index (χ1) is 14.9. The topological polar surface area (TPSA) is 86.1 Å². The summed E-state index contributed by atoms with van der Waals surface area (Å²) >= 11 is 6.16. The molecule has 0 bridgehead atoms.